The number of aromatic nitrogens is 2. The molecule has 0 N–H and O–H groups in total. The van der Waals surface area contributed by atoms with Crippen LogP contribution >= 0.6 is 11.6 Å². The van der Waals surface area contributed by atoms with E-state index < -0.39 is 34.6 Å². The highest BCUT2D eigenvalue weighted by Gasteiger charge is 2.35. The van der Waals surface area contributed by atoms with E-state index >= 15 is 0 Å². The van der Waals surface area contributed by atoms with Crippen LogP contribution in [0, 0.1) is 5.82 Å². The van der Waals surface area contributed by atoms with Gasteiger partial charge in [-0.25, -0.2) is 13.8 Å². The summed E-state index contributed by atoms with van der Waals surface area (Å²) in [5.41, 5.74) is -4.56. The number of rotatable bonds is 2. The standard InChI is InChI=1S/C16H11ClF4N2O3/c1-3-7-4-8-13(10(18)5-9(17)14(8)26-7)23-12(24)6-11(16(19,20)21)22(2)15(23)25/h4-6H,3H2,1-2H3. The largest absolute Gasteiger partial charge is 0.459 e. The van der Waals surface area contributed by atoms with Crippen LogP contribution in [0.25, 0.3) is 16.7 Å². The highest BCUT2D eigenvalue weighted by molar-refractivity contribution is 6.35. The molecule has 5 nitrogen and oxygen atoms in total. The van der Waals surface area contributed by atoms with Gasteiger partial charge in [-0.2, -0.15) is 13.2 Å². The number of furan rings is 1. The number of aryl methyl sites for hydroxylation is 1. The van der Waals surface area contributed by atoms with Gasteiger partial charge in [0.25, 0.3) is 5.56 Å². The lowest BCUT2D eigenvalue weighted by molar-refractivity contribution is -0.144. The van der Waals surface area contributed by atoms with Crippen molar-refractivity contribution >= 4 is 22.6 Å². The average Bonchev–Trinajstić information content (AvgIpc) is 2.97. The van der Waals surface area contributed by atoms with Crippen LogP contribution in [0.4, 0.5) is 17.6 Å². The van der Waals surface area contributed by atoms with Gasteiger partial charge in [-0.3, -0.25) is 9.36 Å². The molecule has 0 spiro atoms. The molecule has 0 unspecified atom stereocenters. The Kier molecular flexibility index (Phi) is 4.22. The summed E-state index contributed by atoms with van der Waals surface area (Å²) in [6, 6.07) is 2.47. The molecule has 2 heterocycles. The maximum atomic E-state index is 14.5. The zero-order chi connectivity index (χ0) is 19.4. The maximum absolute atomic E-state index is 14.5. The Balaban J connectivity index is 2.46. The van der Waals surface area contributed by atoms with Crippen molar-refractivity contribution < 1.29 is 22.0 Å². The van der Waals surface area contributed by atoms with Gasteiger partial charge in [0.05, 0.1) is 5.02 Å². The first kappa shape index (κ1) is 18.2. The fourth-order valence-corrected chi connectivity index (χ4v) is 2.91. The second-order valence-corrected chi connectivity index (χ2v) is 5.95. The number of nitrogens with zero attached hydrogens (tertiary/aromatic N) is 2. The lowest BCUT2D eigenvalue weighted by Crippen LogP contribution is -2.41. The van der Waals surface area contributed by atoms with Crippen LogP contribution in [0.15, 0.2) is 32.2 Å². The number of alkyl halides is 3. The van der Waals surface area contributed by atoms with Gasteiger partial charge in [-0.15, -0.1) is 0 Å². The lowest BCUT2D eigenvalue weighted by atomic mass is 10.2. The molecule has 26 heavy (non-hydrogen) atoms. The van der Waals surface area contributed by atoms with Crippen LogP contribution in [0.2, 0.25) is 5.02 Å². The van der Waals surface area contributed by atoms with Crippen molar-refractivity contribution in [2.45, 2.75) is 19.5 Å². The summed E-state index contributed by atoms with van der Waals surface area (Å²) in [6.07, 6.45) is -4.49. The topological polar surface area (TPSA) is 57.1 Å². The summed E-state index contributed by atoms with van der Waals surface area (Å²) in [7, 11) is 0.846. The molecule has 0 aliphatic rings. The third-order valence-electron chi connectivity index (χ3n) is 3.92. The minimum Gasteiger partial charge on any atom is -0.459 e. The predicted octanol–water partition coefficient (Wildman–Crippen LogP) is 3.66. The molecular weight excluding hydrogens is 380 g/mol. The van der Waals surface area contributed by atoms with Gasteiger partial charge in [-0.05, 0) is 12.1 Å². The quantitative estimate of drug-likeness (QED) is 0.627. The van der Waals surface area contributed by atoms with Crippen molar-refractivity contribution in [3.8, 4) is 5.69 Å². The van der Waals surface area contributed by atoms with E-state index in [-0.39, 0.29) is 26.6 Å². The Morgan fingerprint density at radius 3 is 2.42 bits per heavy atom. The zero-order valence-electron chi connectivity index (χ0n) is 13.4. The molecule has 0 bridgehead atoms. The highest BCUT2D eigenvalue weighted by atomic mass is 35.5. The van der Waals surface area contributed by atoms with Crippen LogP contribution in [0.3, 0.4) is 0 Å². The zero-order valence-corrected chi connectivity index (χ0v) is 14.2. The van der Waals surface area contributed by atoms with Crippen LogP contribution in [0.5, 0.6) is 0 Å². The van der Waals surface area contributed by atoms with Crippen molar-refractivity contribution in [2.75, 3.05) is 0 Å². The van der Waals surface area contributed by atoms with Gasteiger partial charge < -0.3 is 4.42 Å². The molecule has 2 aromatic heterocycles. The van der Waals surface area contributed by atoms with Crippen LogP contribution < -0.4 is 11.2 Å². The summed E-state index contributed by atoms with van der Waals surface area (Å²) in [5.74, 6) is -0.629. The summed E-state index contributed by atoms with van der Waals surface area (Å²) in [6.45, 7) is 1.75. The van der Waals surface area contributed by atoms with Gasteiger partial charge in [0.2, 0.25) is 0 Å². The third kappa shape index (κ3) is 2.72. The van der Waals surface area contributed by atoms with E-state index in [1.165, 1.54) is 6.07 Å². The summed E-state index contributed by atoms with van der Waals surface area (Å²) < 4.78 is 59.5. The van der Waals surface area contributed by atoms with E-state index in [4.69, 9.17) is 16.0 Å². The fourth-order valence-electron chi connectivity index (χ4n) is 2.67. The Labute approximate surface area is 148 Å². The SMILES string of the molecule is CCc1cc2c(-n3c(=O)cc(C(F)(F)F)n(C)c3=O)c(F)cc(Cl)c2o1. The number of hydrogen-bond donors (Lipinski definition) is 0. The van der Waals surface area contributed by atoms with Crippen LogP contribution in [0.1, 0.15) is 18.4 Å². The molecule has 0 fully saturated rings. The Hall–Kier alpha value is -2.55. The molecule has 3 rings (SSSR count). The van der Waals surface area contributed by atoms with Crippen molar-refractivity contribution in [1.82, 2.24) is 9.13 Å². The molecular formula is C16H11ClF4N2O3. The number of fused-ring (bicyclic) bond motifs is 1. The molecule has 0 aliphatic carbocycles. The molecule has 0 atom stereocenters. The lowest BCUT2D eigenvalue weighted by Gasteiger charge is -2.14. The minimum absolute atomic E-state index is 0.0193. The summed E-state index contributed by atoms with van der Waals surface area (Å²) in [5, 5.41) is -0.0662. The summed E-state index contributed by atoms with van der Waals surface area (Å²) >= 11 is 5.93. The minimum atomic E-state index is -4.91. The first-order chi connectivity index (χ1) is 12.1. The van der Waals surface area contributed by atoms with Crippen molar-refractivity contribution in [3.05, 3.63) is 61.3 Å². The molecule has 0 saturated heterocycles. The van der Waals surface area contributed by atoms with Gasteiger partial charge in [0.1, 0.15) is 23.0 Å². The molecule has 3 aromatic rings. The molecule has 1 aromatic carbocycles. The number of halogens is 5. The normalized spacial score (nSPS) is 12.1. The van der Waals surface area contributed by atoms with Gasteiger partial charge in [0.15, 0.2) is 5.58 Å². The highest BCUT2D eigenvalue weighted by Crippen LogP contribution is 2.33. The van der Waals surface area contributed by atoms with E-state index in [0.29, 0.717) is 16.7 Å². The molecule has 0 saturated carbocycles. The van der Waals surface area contributed by atoms with Crippen molar-refractivity contribution in [1.29, 1.82) is 0 Å². The van der Waals surface area contributed by atoms with E-state index in [1.54, 1.807) is 6.92 Å². The second kappa shape index (κ2) is 6.01. The van der Waals surface area contributed by atoms with Crippen molar-refractivity contribution in [2.24, 2.45) is 7.05 Å². The summed E-state index contributed by atoms with van der Waals surface area (Å²) in [4.78, 5) is 24.6. The smallest absolute Gasteiger partial charge is 0.431 e. The molecule has 138 valence electrons. The van der Waals surface area contributed by atoms with Gasteiger partial charge >= 0.3 is 11.9 Å². The molecule has 0 radical (unpaired) electrons. The first-order valence-electron chi connectivity index (χ1n) is 7.37. The first-order valence-corrected chi connectivity index (χ1v) is 7.75. The van der Waals surface area contributed by atoms with Gasteiger partial charge in [-0.1, -0.05) is 18.5 Å². The molecule has 0 amide bonds. The van der Waals surface area contributed by atoms with E-state index in [2.05, 4.69) is 0 Å². The average molecular weight is 391 g/mol. The Bertz CT molecular complexity index is 1140. The van der Waals surface area contributed by atoms with E-state index in [9.17, 15) is 27.2 Å². The van der Waals surface area contributed by atoms with Crippen LogP contribution in [-0.2, 0) is 19.6 Å². The van der Waals surface area contributed by atoms with Crippen molar-refractivity contribution in [3.63, 3.8) is 0 Å². The predicted molar refractivity (Wildman–Crippen MR) is 86.4 cm³/mol. The monoisotopic (exact) mass is 390 g/mol. The van der Waals surface area contributed by atoms with Gasteiger partial charge in [0, 0.05) is 24.9 Å². The third-order valence-corrected chi connectivity index (χ3v) is 4.20. The number of hydrogen-bond acceptors (Lipinski definition) is 3. The van der Waals surface area contributed by atoms with E-state index in [0.717, 1.165) is 13.1 Å². The fraction of sp³-hybridized carbons (Fsp3) is 0.250. The maximum Gasteiger partial charge on any atom is 0.431 e. The molecule has 10 heteroatoms. The Morgan fingerprint density at radius 1 is 1.19 bits per heavy atom. The number of benzene rings is 1. The van der Waals surface area contributed by atoms with Crippen LogP contribution in [-0.4, -0.2) is 9.13 Å². The Morgan fingerprint density at radius 2 is 1.85 bits per heavy atom. The second-order valence-electron chi connectivity index (χ2n) is 5.54. The van der Waals surface area contributed by atoms with E-state index in [1.807, 2.05) is 0 Å². The molecule has 0 aliphatic heterocycles.